The number of hydrogen-bond acceptors (Lipinski definition) is 4. The molecule has 21 heavy (non-hydrogen) atoms. The van der Waals surface area contributed by atoms with Crippen molar-refractivity contribution in [2.75, 3.05) is 6.61 Å². The van der Waals surface area contributed by atoms with Crippen LogP contribution in [0.1, 0.15) is 17.2 Å². The Hall–Kier alpha value is -2.24. The fourth-order valence-corrected chi connectivity index (χ4v) is 2.89. The van der Waals surface area contributed by atoms with Crippen LogP contribution >= 0.6 is 0 Å². The van der Waals surface area contributed by atoms with E-state index in [1.807, 2.05) is 24.1 Å². The molecule has 1 N–H and O–H groups in total. The molecule has 0 amide bonds. The zero-order valence-corrected chi connectivity index (χ0v) is 11.7. The molecule has 4 rings (SSSR count). The zero-order chi connectivity index (χ0) is 14.4. The van der Waals surface area contributed by atoms with Gasteiger partial charge >= 0.3 is 0 Å². The molecule has 0 saturated heterocycles. The highest BCUT2D eigenvalue weighted by molar-refractivity contribution is 5.85. The lowest BCUT2D eigenvalue weighted by Gasteiger charge is -2.23. The fraction of sp³-hybridized carbons (Fsp3) is 0.250. The van der Waals surface area contributed by atoms with Crippen LogP contribution in [0.25, 0.3) is 22.0 Å². The van der Waals surface area contributed by atoms with Gasteiger partial charge in [-0.15, -0.1) is 0 Å². The predicted molar refractivity (Wildman–Crippen MR) is 78.6 cm³/mol. The van der Waals surface area contributed by atoms with Gasteiger partial charge in [-0.2, -0.15) is 5.10 Å². The fourth-order valence-electron chi connectivity index (χ4n) is 2.89. The monoisotopic (exact) mass is 281 g/mol. The Balaban J connectivity index is 1.90. The average Bonchev–Trinajstić information content (AvgIpc) is 2.88. The smallest absolute Gasteiger partial charge is 0.104 e. The summed E-state index contributed by atoms with van der Waals surface area (Å²) in [6.07, 6.45) is 4.82. The number of pyridine rings is 1. The van der Waals surface area contributed by atoms with Gasteiger partial charge in [0.1, 0.15) is 6.10 Å². The van der Waals surface area contributed by atoms with Gasteiger partial charge < -0.3 is 9.84 Å². The van der Waals surface area contributed by atoms with E-state index in [9.17, 15) is 5.11 Å². The van der Waals surface area contributed by atoms with Crippen molar-refractivity contribution in [1.82, 2.24) is 14.8 Å². The van der Waals surface area contributed by atoms with Crippen molar-refractivity contribution < 1.29 is 9.84 Å². The highest BCUT2D eigenvalue weighted by Gasteiger charge is 2.22. The molecule has 0 bridgehead atoms. The van der Waals surface area contributed by atoms with Gasteiger partial charge in [0.2, 0.25) is 0 Å². The summed E-state index contributed by atoms with van der Waals surface area (Å²) in [6, 6.07) is 6.21. The number of hydrogen-bond donors (Lipinski definition) is 1. The molecule has 0 aliphatic carbocycles. The maximum atomic E-state index is 10.0. The van der Waals surface area contributed by atoms with Crippen LogP contribution in [-0.2, 0) is 18.4 Å². The van der Waals surface area contributed by atoms with E-state index in [1.165, 1.54) is 0 Å². The van der Waals surface area contributed by atoms with Crippen LogP contribution in [0.4, 0.5) is 0 Å². The Labute approximate surface area is 121 Å². The van der Waals surface area contributed by atoms with E-state index in [0.717, 1.165) is 33.2 Å². The predicted octanol–water partition coefficient (Wildman–Crippen LogP) is 2.20. The number of benzene rings is 1. The first kappa shape index (κ1) is 12.5. The molecule has 3 heterocycles. The maximum Gasteiger partial charge on any atom is 0.104 e. The van der Waals surface area contributed by atoms with Crippen LogP contribution < -0.4 is 0 Å². The van der Waals surface area contributed by atoms with E-state index in [-0.39, 0.29) is 0 Å². The van der Waals surface area contributed by atoms with Crippen molar-refractivity contribution in [2.45, 2.75) is 12.7 Å². The quantitative estimate of drug-likeness (QED) is 0.743. The summed E-state index contributed by atoms with van der Waals surface area (Å²) in [5.41, 5.74) is 5.05. The highest BCUT2D eigenvalue weighted by atomic mass is 16.5. The topological polar surface area (TPSA) is 60.2 Å². The van der Waals surface area contributed by atoms with E-state index in [0.29, 0.717) is 13.2 Å². The second-order valence-electron chi connectivity index (χ2n) is 5.33. The standard InChI is InChI=1S/C16H15N3O2/c1-19-15-3-2-10(4-11(15)5-18-19)12-6-17-7-13-14(12)8-21-9-16(13)20/h2-7,16,20H,8-9H2,1H3. The molecule has 0 saturated carbocycles. The minimum absolute atomic E-state index is 0.333. The first-order valence-electron chi connectivity index (χ1n) is 6.89. The number of aryl methyl sites for hydroxylation is 1. The van der Waals surface area contributed by atoms with Crippen molar-refractivity contribution in [3.8, 4) is 11.1 Å². The molecular weight excluding hydrogens is 266 g/mol. The Kier molecular flexibility index (Phi) is 2.77. The molecule has 0 radical (unpaired) electrons. The number of fused-ring (bicyclic) bond motifs is 2. The second kappa shape index (κ2) is 4.65. The molecule has 1 unspecified atom stereocenters. The third-order valence-electron chi connectivity index (χ3n) is 4.03. The van der Waals surface area contributed by atoms with Gasteiger partial charge in [0, 0.05) is 36.0 Å². The van der Waals surface area contributed by atoms with E-state index < -0.39 is 6.10 Å². The minimum atomic E-state index is -0.594. The molecule has 0 fully saturated rings. The summed E-state index contributed by atoms with van der Waals surface area (Å²) in [5, 5.41) is 15.4. The number of rotatable bonds is 1. The summed E-state index contributed by atoms with van der Waals surface area (Å²) in [4.78, 5) is 4.27. The van der Waals surface area contributed by atoms with E-state index in [1.54, 1.807) is 6.20 Å². The normalized spacial score (nSPS) is 17.9. The van der Waals surface area contributed by atoms with E-state index >= 15 is 0 Å². The molecule has 2 aromatic heterocycles. The highest BCUT2D eigenvalue weighted by Crippen LogP contribution is 2.33. The van der Waals surface area contributed by atoms with Crippen molar-refractivity contribution in [2.24, 2.45) is 7.05 Å². The molecule has 0 spiro atoms. The first-order chi connectivity index (χ1) is 10.2. The number of nitrogens with zero attached hydrogens (tertiary/aromatic N) is 3. The lowest BCUT2D eigenvalue weighted by molar-refractivity contribution is 0.00981. The van der Waals surface area contributed by atoms with Crippen LogP contribution in [0.15, 0.2) is 36.8 Å². The summed E-state index contributed by atoms with van der Waals surface area (Å²) in [7, 11) is 1.93. The number of aliphatic hydroxyl groups excluding tert-OH is 1. The van der Waals surface area contributed by atoms with Crippen LogP contribution in [0, 0.1) is 0 Å². The first-order valence-corrected chi connectivity index (χ1v) is 6.89. The van der Waals surface area contributed by atoms with Crippen LogP contribution in [0.3, 0.4) is 0 Å². The Morgan fingerprint density at radius 1 is 1.29 bits per heavy atom. The summed E-state index contributed by atoms with van der Waals surface area (Å²) in [6.45, 7) is 0.842. The number of aromatic nitrogens is 3. The average molecular weight is 281 g/mol. The van der Waals surface area contributed by atoms with Crippen LogP contribution in [0.2, 0.25) is 0 Å². The molecule has 1 atom stereocenters. The van der Waals surface area contributed by atoms with Crippen molar-refractivity contribution in [1.29, 1.82) is 0 Å². The van der Waals surface area contributed by atoms with Gasteiger partial charge in [-0.25, -0.2) is 0 Å². The maximum absolute atomic E-state index is 10.0. The van der Waals surface area contributed by atoms with Gasteiger partial charge in [0.25, 0.3) is 0 Å². The zero-order valence-electron chi connectivity index (χ0n) is 11.7. The van der Waals surface area contributed by atoms with Gasteiger partial charge in [0.15, 0.2) is 0 Å². The molecule has 1 aliphatic rings. The Bertz CT molecular complexity index is 826. The largest absolute Gasteiger partial charge is 0.386 e. The Morgan fingerprint density at radius 3 is 3.10 bits per heavy atom. The lowest BCUT2D eigenvalue weighted by Crippen LogP contribution is -2.17. The molecule has 1 aromatic carbocycles. The van der Waals surface area contributed by atoms with Gasteiger partial charge in [0.05, 0.1) is 24.9 Å². The van der Waals surface area contributed by atoms with Gasteiger partial charge in [-0.3, -0.25) is 9.67 Å². The van der Waals surface area contributed by atoms with E-state index in [4.69, 9.17) is 4.74 Å². The van der Waals surface area contributed by atoms with Crippen LogP contribution in [-0.4, -0.2) is 26.5 Å². The molecule has 5 nitrogen and oxygen atoms in total. The molecule has 106 valence electrons. The molecule has 1 aliphatic heterocycles. The van der Waals surface area contributed by atoms with Gasteiger partial charge in [-0.05, 0) is 23.3 Å². The Morgan fingerprint density at radius 2 is 2.19 bits per heavy atom. The van der Waals surface area contributed by atoms with Crippen molar-refractivity contribution in [3.63, 3.8) is 0 Å². The minimum Gasteiger partial charge on any atom is -0.386 e. The van der Waals surface area contributed by atoms with Crippen molar-refractivity contribution >= 4 is 10.9 Å². The lowest BCUT2D eigenvalue weighted by atomic mass is 9.94. The SMILES string of the molecule is Cn1ncc2cc(-c3cncc4c3COCC4O)ccc21. The molecule has 3 aromatic rings. The molecular formula is C16H15N3O2. The van der Waals surface area contributed by atoms with Crippen LogP contribution in [0.5, 0.6) is 0 Å². The number of aliphatic hydroxyl groups is 1. The van der Waals surface area contributed by atoms with E-state index in [2.05, 4.69) is 28.3 Å². The third kappa shape index (κ3) is 1.93. The third-order valence-corrected chi connectivity index (χ3v) is 4.03. The van der Waals surface area contributed by atoms with Crippen molar-refractivity contribution in [3.05, 3.63) is 47.9 Å². The summed E-state index contributed by atoms with van der Waals surface area (Å²) >= 11 is 0. The summed E-state index contributed by atoms with van der Waals surface area (Å²) < 4.78 is 7.32. The summed E-state index contributed by atoms with van der Waals surface area (Å²) in [5.74, 6) is 0. The second-order valence-corrected chi connectivity index (χ2v) is 5.33. The number of ether oxygens (including phenoxy) is 1. The van der Waals surface area contributed by atoms with Gasteiger partial charge in [-0.1, -0.05) is 6.07 Å². The molecule has 5 heteroatoms.